The summed E-state index contributed by atoms with van der Waals surface area (Å²) in [7, 11) is 1.26. The van der Waals surface area contributed by atoms with E-state index in [1.807, 2.05) is 0 Å². The lowest BCUT2D eigenvalue weighted by Gasteiger charge is -2.27. The van der Waals surface area contributed by atoms with E-state index in [1.54, 1.807) is 12.1 Å². The van der Waals surface area contributed by atoms with Crippen molar-refractivity contribution in [1.29, 1.82) is 5.41 Å². The van der Waals surface area contributed by atoms with E-state index < -0.39 is 5.97 Å². The summed E-state index contributed by atoms with van der Waals surface area (Å²) in [5.41, 5.74) is 1.48. The van der Waals surface area contributed by atoms with Crippen molar-refractivity contribution < 1.29 is 13.9 Å². The molecule has 1 aliphatic carbocycles. The molecule has 2 N–H and O–H groups in total. The number of carbonyl (C=O) groups is 1. The maximum atomic E-state index is 13.1. The number of esters is 1. The van der Waals surface area contributed by atoms with Crippen LogP contribution in [-0.2, 0) is 4.74 Å². The zero-order chi connectivity index (χ0) is 18.0. The van der Waals surface area contributed by atoms with Crippen LogP contribution in [0.2, 0.25) is 5.02 Å². The largest absolute Gasteiger partial charge is 0.464 e. The van der Waals surface area contributed by atoms with Crippen molar-refractivity contribution in [2.75, 3.05) is 12.4 Å². The summed E-state index contributed by atoms with van der Waals surface area (Å²) in [5, 5.41) is 11.7. The maximum Gasteiger partial charge on any atom is 0.356 e. The highest BCUT2D eigenvalue weighted by Crippen LogP contribution is 2.35. The van der Waals surface area contributed by atoms with Crippen molar-refractivity contribution in [2.24, 2.45) is 5.92 Å². The van der Waals surface area contributed by atoms with E-state index in [1.165, 1.54) is 25.3 Å². The van der Waals surface area contributed by atoms with Crippen LogP contribution < -0.4 is 5.32 Å². The second-order valence-corrected chi connectivity index (χ2v) is 6.29. The molecule has 2 aromatic rings. The molecule has 7 heteroatoms. The first-order valence-electron chi connectivity index (χ1n) is 7.90. The van der Waals surface area contributed by atoms with Gasteiger partial charge < -0.3 is 15.5 Å². The van der Waals surface area contributed by atoms with Gasteiger partial charge in [-0.3, -0.25) is 0 Å². The summed E-state index contributed by atoms with van der Waals surface area (Å²) >= 11 is 6.36. The van der Waals surface area contributed by atoms with Crippen molar-refractivity contribution in [1.82, 2.24) is 4.98 Å². The van der Waals surface area contributed by atoms with E-state index in [0.29, 0.717) is 17.0 Å². The summed E-state index contributed by atoms with van der Waals surface area (Å²) in [6.07, 6.45) is 2.95. The fourth-order valence-corrected chi connectivity index (χ4v) is 2.94. The number of hydrogen-bond acceptors (Lipinski definition) is 5. The van der Waals surface area contributed by atoms with Crippen LogP contribution in [0.5, 0.6) is 0 Å². The Hall–Kier alpha value is -2.47. The van der Waals surface area contributed by atoms with Crippen LogP contribution in [0, 0.1) is 17.1 Å². The first-order chi connectivity index (χ1) is 12.0. The molecule has 1 saturated carbocycles. The quantitative estimate of drug-likeness (QED) is 0.604. The van der Waals surface area contributed by atoms with E-state index in [9.17, 15) is 9.18 Å². The van der Waals surface area contributed by atoms with Gasteiger partial charge in [0.25, 0.3) is 0 Å². The van der Waals surface area contributed by atoms with Gasteiger partial charge in [0, 0.05) is 17.3 Å². The van der Waals surface area contributed by atoms with Gasteiger partial charge in [0.1, 0.15) is 11.6 Å². The van der Waals surface area contributed by atoms with E-state index >= 15 is 0 Å². The molecule has 130 valence electrons. The predicted molar refractivity (Wildman–Crippen MR) is 94.4 cm³/mol. The molecule has 0 radical (unpaired) electrons. The van der Waals surface area contributed by atoms with Crippen LogP contribution in [0.15, 0.2) is 30.3 Å². The molecular weight excluding hydrogens is 345 g/mol. The zero-order valence-electron chi connectivity index (χ0n) is 13.6. The van der Waals surface area contributed by atoms with E-state index in [0.717, 1.165) is 19.3 Å². The van der Waals surface area contributed by atoms with Crippen LogP contribution in [0.25, 0.3) is 0 Å². The second kappa shape index (κ2) is 7.19. The van der Waals surface area contributed by atoms with Gasteiger partial charge in [0.2, 0.25) is 0 Å². The Labute approximate surface area is 149 Å². The standard InChI is InChI=1S/C18H17ClFN3O2/c1-25-18(24)14-9-13(19)15(16(21)10-3-2-4-10)17(23-14)22-12-7-5-11(20)6-8-12/h5-10,21H,2-4H2,1H3,(H,22,23). The van der Waals surface area contributed by atoms with Gasteiger partial charge in [0.05, 0.1) is 17.7 Å². The SMILES string of the molecule is COC(=O)c1cc(Cl)c(C(=N)C2CCC2)c(Nc2ccc(F)cc2)n1. The molecular formula is C18H17ClFN3O2. The third kappa shape index (κ3) is 3.64. The van der Waals surface area contributed by atoms with E-state index in [-0.39, 0.29) is 28.3 Å². The topological polar surface area (TPSA) is 75.1 Å². The van der Waals surface area contributed by atoms with Crippen molar-refractivity contribution >= 4 is 34.8 Å². The highest BCUT2D eigenvalue weighted by Gasteiger charge is 2.28. The molecule has 0 unspecified atom stereocenters. The Morgan fingerprint density at radius 2 is 2.04 bits per heavy atom. The van der Waals surface area contributed by atoms with Gasteiger partial charge >= 0.3 is 5.97 Å². The van der Waals surface area contributed by atoms with Crippen molar-refractivity contribution in [3.05, 3.63) is 52.4 Å². The Bertz CT molecular complexity index is 820. The van der Waals surface area contributed by atoms with Gasteiger partial charge in [0.15, 0.2) is 5.69 Å². The predicted octanol–water partition coefficient (Wildman–Crippen LogP) is 4.57. The fourth-order valence-electron chi connectivity index (χ4n) is 2.64. The molecule has 0 atom stereocenters. The number of nitrogens with zero attached hydrogens (tertiary/aromatic N) is 1. The summed E-state index contributed by atoms with van der Waals surface area (Å²) in [4.78, 5) is 16.1. The monoisotopic (exact) mass is 361 g/mol. The van der Waals surface area contributed by atoms with Crippen molar-refractivity contribution in [3.63, 3.8) is 0 Å². The number of anilines is 2. The molecule has 1 heterocycles. The van der Waals surface area contributed by atoms with Crippen LogP contribution in [0.3, 0.4) is 0 Å². The number of benzene rings is 1. The van der Waals surface area contributed by atoms with Crippen molar-refractivity contribution in [3.8, 4) is 0 Å². The lowest BCUT2D eigenvalue weighted by Crippen LogP contribution is -2.24. The molecule has 0 aliphatic heterocycles. The Balaban J connectivity index is 2.04. The molecule has 1 aliphatic rings. The van der Waals surface area contributed by atoms with Gasteiger partial charge in [-0.15, -0.1) is 0 Å². The average molecular weight is 362 g/mol. The number of hydrogen-bond donors (Lipinski definition) is 2. The highest BCUT2D eigenvalue weighted by atomic mass is 35.5. The molecule has 1 aromatic carbocycles. The number of ether oxygens (including phenoxy) is 1. The number of nitrogens with one attached hydrogen (secondary N) is 2. The summed E-state index contributed by atoms with van der Waals surface area (Å²) in [6, 6.07) is 7.13. The molecule has 1 fully saturated rings. The minimum Gasteiger partial charge on any atom is -0.464 e. The molecule has 3 rings (SSSR count). The zero-order valence-corrected chi connectivity index (χ0v) is 14.4. The summed E-state index contributed by atoms with van der Waals surface area (Å²) in [5.74, 6) is -0.554. The number of carbonyl (C=O) groups excluding carboxylic acids is 1. The number of halogens is 2. The first-order valence-corrected chi connectivity index (χ1v) is 8.27. The Morgan fingerprint density at radius 1 is 1.36 bits per heavy atom. The molecule has 0 bridgehead atoms. The number of aromatic nitrogens is 1. The van der Waals surface area contributed by atoms with Gasteiger partial charge in [-0.05, 0) is 43.2 Å². The van der Waals surface area contributed by atoms with Crippen LogP contribution in [-0.4, -0.2) is 23.8 Å². The third-order valence-electron chi connectivity index (χ3n) is 4.26. The van der Waals surface area contributed by atoms with Gasteiger partial charge in [-0.2, -0.15) is 0 Å². The van der Waals surface area contributed by atoms with Crippen molar-refractivity contribution in [2.45, 2.75) is 19.3 Å². The van der Waals surface area contributed by atoms with Crippen LogP contribution in [0.4, 0.5) is 15.9 Å². The fraction of sp³-hybridized carbons (Fsp3) is 0.278. The van der Waals surface area contributed by atoms with E-state index in [4.69, 9.17) is 21.7 Å². The lowest BCUT2D eigenvalue weighted by molar-refractivity contribution is 0.0594. The van der Waals surface area contributed by atoms with Crippen LogP contribution >= 0.6 is 11.6 Å². The lowest BCUT2D eigenvalue weighted by atomic mass is 9.79. The smallest absolute Gasteiger partial charge is 0.356 e. The first kappa shape index (κ1) is 17.4. The Kier molecular flexibility index (Phi) is 4.99. The highest BCUT2D eigenvalue weighted by molar-refractivity contribution is 6.35. The molecule has 0 saturated heterocycles. The van der Waals surface area contributed by atoms with Gasteiger partial charge in [-0.25, -0.2) is 14.2 Å². The number of rotatable bonds is 5. The maximum absolute atomic E-state index is 13.1. The van der Waals surface area contributed by atoms with Gasteiger partial charge in [-0.1, -0.05) is 18.0 Å². The summed E-state index contributed by atoms with van der Waals surface area (Å²) < 4.78 is 17.8. The number of pyridine rings is 1. The minimum absolute atomic E-state index is 0.0438. The molecule has 1 aromatic heterocycles. The summed E-state index contributed by atoms with van der Waals surface area (Å²) in [6.45, 7) is 0. The molecule has 5 nitrogen and oxygen atoms in total. The normalized spacial score (nSPS) is 13.9. The number of methoxy groups -OCH3 is 1. The third-order valence-corrected chi connectivity index (χ3v) is 4.55. The average Bonchev–Trinajstić information content (AvgIpc) is 2.54. The van der Waals surface area contributed by atoms with Crippen LogP contribution in [0.1, 0.15) is 35.3 Å². The second-order valence-electron chi connectivity index (χ2n) is 5.88. The minimum atomic E-state index is -0.620. The molecule has 0 amide bonds. The Morgan fingerprint density at radius 3 is 2.60 bits per heavy atom. The molecule has 0 spiro atoms. The van der Waals surface area contributed by atoms with E-state index in [2.05, 4.69) is 10.3 Å². The molecule has 25 heavy (non-hydrogen) atoms.